The van der Waals surface area contributed by atoms with Crippen LogP contribution in [0.4, 0.5) is 0 Å². The van der Waals surface area contributed by atoms with Gasteiger partial charge in [-0.3, -0.25) is 4.79 Å². The van der Waals surface area contributed by atoms with Crippen molar-refractivity contribution in [2.24, 2.45) is 11.8 Å². The Labute approximate surface area is 137 Å². The molecule has 1 atom stereocenters. The van der Waals surface area contributed by atoms with E-state index < -0.39 is 5.60 Å². The van der Waals surface area contributed by atoms with Gasteiger partial charge in [-0.05, 0) is 24.0 Å². The molecule has 0 radical (unpaired) electrons. The largest absolute Gasteiger partial charge is 0.380 e. The van der Waals surface area contributed by atoms with E-state index in [2.05, 4.69) is 5.32 Å². The molecule has 1 aliphatic carbocycles. The maximum atomic E-state index is 11.9. The number of amides is 1. The summed E-state index contributed by atoms with van der Waals surface area (Å²) in [4.78, 5) is 11.9. The summed E-state index contributed by atoms with van der Waals surface area (Å²) in [6, 6.07) is 19.3. The molecule has 120 valence electrons. The first-order chi connectivity index (χ1) is 11.1. The first-order valence-corrected chi connectivity index (χ1v) is 8.23. The summed E-state index contributed by atoms with van der Waals surface area (Å²) in [6.45, 7) is 2.43. The first kappa shape index (κ1) is 15.8. The van der Waals surface area contributed by atoms with E-state index in [1.165, 1.54) is 0 Å². The lowest BCUT2D eigenvalue weighted by molar-refractivity contribution is -0.122. The summed E-state index contributed by atoms with van der Waals surface area (Å²) in [7, 11) is 0. The Kier molecular flexibility index (Phi) is 4.49. The summed E-state index contributed by atoms with van der Waals surface area (Å²) in [6.07, 6.45) is 1.98. The molecule has 3 rings (SSSR count). The second kappa shape index (κ2) is 6.55. The summed E-state index contributed by atoms with van der Waals surface area (Å²) >= 11 is 0. The van der Waals surface area contributed by atoms with Gasteiger partial charge in [0.05, 0.1) is 0 Å². The van der Waals surface area contributed by atoms with Crippen LogP contribution in [0.25, 0.3) is 0 Å². The molecule has 2 N–H and O–H groups in total. The second-order valence-corrected chi connectivity index (χ2v) is 6.42. The highest BCUT2D eigenvalue weighted by molar-refractivity contribution is 5.80. The summed E-state index contributed by atoms with van der Waals surface area (Å²) in [5, 5.41) is 14.5. The Bertz CT molecular complexity index is 610. The highest BCUT2D eigenvalue weighted by Crippen LogP contribution is 2.36. The van der Waals surface area contributed by atoms with Gasteiger partial charge in [-0.25, -0.2) is 0 Å². The average Bonchev–Trinajstić information content (AvgIpc) is 3.45. The maximum absolute atomic E-state index is 11.9. The van der Waals surface area contributed by atoms with Crippen LogP contribution in [0.1, 0.15) is 30.9 Å². The topological polar surface area (TPSA) is 49.3 Å². The van der Waals surface area contributed by atoms with Gasteiger partial charge in [-0.1, -0.05) is 67.6 Å². The van der Waals surface area contributed by atoms with Gasteiger partial charge in [-0.2, -0.15) is 0 Å². The predicted molar refractivity (Wildman–Crippen MR) is 90.8 cm³/mol. The molecule has 0 aliphatic heterocycles. The highest BCUT2D eigenvalue weighted by atomic mass is 16.3. The molecule has 3 heteroatoms. The van der Waals surface area contributed by atoms with Crippen LogP contribution in [-0.4, -0.2) is 17.6 Å². The van der Waals surface area contributed by atoms with Crippen LogP contribution < -0.4 is 5.32 Å². The molecule has 2 aromatic rings. The van der Waals surface area contributed by atoms with E-state index in [1.54, 1.807) is 0 Å². The van der Waals surface area contributed by atoms with Crippen molar-refractivity contribution in [2.75, 3.05) is 6.54 Å². The molecule has 1 saturated carbocycles. The van der Waals surface area contributed by atoms with Gasteiger partial charge >= 0.3 is 0 Å². The Morgan fingerprint density at radius 2 is 1.57 bits per heavy atom. The maximum Gasteiger partial charge on any atom is 0.223 e. The van der Waals surface area contributed by atoms with Crippen LogP contribution in [0.15, 0.2) is 60.7 Å². The van der Waals surface area contributed by atoms with E-state index in [4.69, 9.17) is 0 Å². The van der Waals surface area contributed by atoms with Gasteiger partial charge in [-0.15, -0.1) is 0 Å². The minimum absolute atomic E-state index is 0.111. The van der Waals surface area contributed by atoms with Crippen molar-refractivity contribution in [3.05, 3.63) is 71.8 Å². The van der Waals surface area contributed by atoms with Crippen molar-refractivity contribution in [3.8, 4) is 0 Å². The first-order valence-electron chi connectivity index (χ1n) is 8.23. The van der Waals surface area contributed by atoms with Crippen molar-refractivity contribution in [2.45, 2.75) is 25.4 Å². The van der Waals surface area contributed by atoms with Gasteiger partial charge in [0.1, 0.15) is 5.60 Å². The Morgan fingerprint density at radius 3 is 2.00 bits per heavy atom. The lowest BCUT2D eigenvalue weighted by Gasteiger charge is -2.35. The number of nitrogens with one attached hydrogen (secondary N) is 1. The van der Waals surface area contributed by atoms with Gasteiger partial charge in [0.15, 0.2) is 0 Å². The molecule has 1 fully saturated rings. The monoisotopic (exact) mass is 309 g/mol. The van der Waals surface area contributed by atoms with Crippen molar-refractivity contribution >= 4 is 5.91 Å². The third kappa shape index (κ3) is 3.30. The molecule has 0 bridgehead atoms. The van der Waals surface area contributed by atoms with Crippen LogP contribution in [0.3, 0.4) is 0 Å². The number of carbonyl (C=O) groups excluding carboxylic acids is 1. The smallest absolute Gasteiger partial charge is 0.223 e. The van der Waals surface area contributed by atoms with Crippen LogP contribution in [0, 0.1) is 11.8 Å². The van der Waals surface area contributed by atoms with Gasteiger partial charge in [0, 0.05) is 18.4 Å². The van der Waals surface area contributed by atoms with Crippen molar-refractivity contribution in [1.29, 1.82) is 0 Å². The fourth-order valence-corrected chi connectivity index (χ4v) is 3.01. The molecule has 1 amide bonds. The third-order valence-electron chi connectivity index (χ3n) is 4.67. The quantitative estimate of drug-likeness (QED) is 0.861. The molecular formula is C20H23NO2. The molecule has 0 spiro atoms. The summed E-state index contributed by atoms with van der Waals surface area (Å²) in [5.41, 5.74) is 0.568. The number of aliphatic hydroxyl groups is 1. The van der Waals surface area contributed by atoms with Gasteiger partial charge in [0.2, 0.25) is 5.91 Å². The summed E-state index contributed by atoms with van der Waals surface area (Å²) < 4.78 is 0. The molecule has 2 aromatic carbocycles. The summed E-state index contributed by atoms with van der Waals surface area (Å²) in [5.74, 6) is 0.152. The number of hydrogen-bond donors (Lipinski definition) is 2. The zero-order valence-electron chi connectivity index (χ0n) is 13.4. The van der Waals surface area contributed by atoms with Crippen LogP contribution in [0.5, 0.6) is 0 Å². The molecule has 1 aliphatic rings. The fourth-order valence-electron chi connectivity index (χ4n) is 3.01. The lowest BCUT2D eigenvalue weighted by atomic mass is 9.77. The van der Waals surface area contributed by atoms with Crippen molar-refractivity contribution < 1.29 is 9.90 Å². The normalized spacial score (nSPS) is 15.9. The highest BCUT2D eigenvalue weighted by Gasteiger charge is 2.38. The Hall–Kier alpha value is -2.13. The fraction of sp³-hybridized carbons (Fsp3) is 0.350. The lowest BCUT2D eigenvalue weighted by Crippen LogP contribution is -2.42. The van der Waals surface area contributed by atoms with Crippen LogP contribution in [-0.2, 0) is 10.4 Å². The van der Waals surface area contributed by atoms with Crippen molar-refractivity contribution in [3.63, 3.8) is 0 Å². The Balaban J connectivity index is 1.87. The van der Waals surface area contributed by atoms with E-state index in [0.717, 1.165) is 24.0 Å². The van der Waals surface area contributed by atoms with E-state index >= 15 is 0 Å². The minimum atomic E-state index is -1.13. The van der Waals surface area contributed by atoms with Gasteiger partial charge in [0.25, 0.3) is 0 Å². The molecule has 0 saturated heterocycles. The van der Waals surface area contributed by atoms with E-state index in [0.29, 0.717) is 6.54 Å². The average molecular weight is 309 g/mol. The second-order valence-electron chi connectivity index (χ2n) is 6.42. The number of hydrogen-bond acceptors (Lipinski definition) is 2. The zero-order valence-corrected chi connectivity index (χ0v) is 13.4. The van der Waals surface area contributed by atoms with E-state index in [9.17, 15) is 9.90 Å². The molecule has 0 aromatic heterocycles. The van der Waals surface area contributed by atoms with E-state index in [-0.39, 0.29) is 17.7 Å². The molecule has 23 heavy (non-hydrogen) atoms. The number of carbonyl (C=O) groups is 1. The molecule has 0 heterocycles. The third-order valence-corrected chi connectivity index (χ3v) is 4.67. The number of benzene rings is 2. The zero-order chi connectivity index (χ0) is 16.3. The SMILES string of the molecule is C[C@H](CNC(=O)C1CC1)C(O)(c1ccccc1)c1ccccc1. The molecule has 0 unspecified atom stereocenters. The van der Waals surface area contributed by atoms with Crippen LogP contribution >= 0.6 is 0 Å². The molecular weight excluding hydrogens is 286 g/mol. The van der Waals surface area contributed by atoms with Crippen LogP contribution in [0.2, 0.25) is 0 Å². The van der Waals surface area contributed by atoms with Gasteiger partial charge < -0.3 is 10.4 Å². The van der Waals surface area contributed by atoms with E-state index in [1.807, 2.05) is 67.6 Å². The Morgan fingerprint density at radius 1 is 1.09 bits per heavy atom. The van der Waals surface area contributed by atoms with Crippen molar-refractivity contribution in [1.82, 2.24) is 5.32 Å². The standard InChI is InChI=1S/C20H23NO2/c1-15(14-21-19(22)16-12-13-16)20(23,17-8-4-2-5-9-17)18-10-6-3-7-11-18/h2-11,15-16,23H,12-14H2,1H3,(H,21,22)/t15-/m1/s1. The minimum Gasteiger partial charge on any atom is -0.380 e. The predicted octanol–water partition coefficient (Wildman–Crippen LogP) is 3.08. The number of rotatable bonds is 6. The molecule has 3 nitrogen and oxygen atoms in total.